The molecule has 0 radical (unpaired) electrons. The first kappa shape index (κ1) is 26.4. The third-order valence-corrected chi connectivity index (χ3v) is 7.92. The molecule has 1 amide bonds. The number of sulfonamides is 1. The molecule has 0 N–H and O–H groups in total. The Morgan fingerprint density at radius 3 is 2.40 bits per heavy atom. The average Bonchev–Trinajstić information content (AvgIpc) is 2.85. The Kier molecular flexibility index (Phi) is 8.69. The molecule has 1 aromatic heterocycles. The molecule has 0 bridgehead atoms. The van der Waals surface area contributed by atoms with Crippen LogP contribution in [0.5, 0.6) is 5.75 Å². The minimum atomic E-state index is -3.75. The van der Waals surface area contributed by atoms with Crippen molar-refractivity contribution in [2.45, 2.75) is 45.2 Å². The summed E-state index contributed by atoms with van der Waals surface area (Å²) >= 11 is 0. The van der Waals surface area contributed by atoms with Crippen LogP contribution in [0, 0.1) is 0 Å². The Morgan fingerprint density at radius 1 is 1.00 bits per heavy atom. The summed E-state index contributed by atoms with van der Waals surface area (Å²) in [5.41, 5.74) is 0.444. The zero-order valence-corrected chi connectivity index (χ0v) is 21.5. The maximum atomic E-state index is 13.1. The smallest absolute Gasteiger partial charge is 0.251 e. The van der Waals surface area contributed by atoms with Gasteiger partial charge in [0.1, 0.15) is 12.3 Å². The lowest BCUT2D eigenvalue weighted by Gasteiger charge is -2.22. The van der Waals surface area contributed by atoms with Crippen LogP contribution in [0.25, 0.3) is 10.8 Å². The van der Waals surface area contributed by atoms with Gasteiger partial charge in [0.15, 0.2) is 0 Å². The molecule has 1 heterocycles. The zero-order valence-electron chi connectivity index (χ0n) is 20.7. The second-order valence-corrected chi connectivity index (χ2v) is 10.2. The Labute approximate surface area is 206 Å². The van der Waals surface area contributed by atoms with E-state index in [2.05, 4.69) is 0 Å². The molecule has 0 aliphatic heterocycles. The molecule has 0 spiro atoms. The number of aromatic nitrogens is 1. The molecule has 3 rings (SSSR count). The van der Waals surface area contributed by atoms with Crippen molar-refractivity contribution in [2.24, 2.45) is 0 Å². The van der Waals surface area contributed by atoms with E-state index in [1.165, 1.54) is 27.5 Å². The lowest BCUT2D eigenvalue weighted by Crippen LogP contribution is -2.35. The van der Waals surface area contributed by atoms with E-state index in [1.54, 1.807) is 20.9 Å². The first-order chi connectivity index (χ1) is 16.7. The number of pyridine rings is 1. The van der Waals surface area contributed by atoms with Crippen LogP contribution in [0.15, 0.2) is 64.4 Å². The van der Waals surface area contributed by atoms with Gasteiger partial charge in [0.25, 0.3) is 5.56 Å². The van der Waals surface area contributed by atoms with Crippen LogP contribution in [-0.4, -0.2) is 54.8 Å². The Balaban J connectivity index is 1.87. The number of carbonyl (C=O) groups excluding carboxylic acids is 1. The van der Waals surface area contributed by atoms with Gasteiger partial charge in [-0.2, -0.15) is 4.31 Å². The van der Waals surface area contributed by atoms with E-state index >= 15 is 0 Å². The van der Waals surface area contributed by atoms with Crippen LogP contribution >= 0.6 is 0 Å². The summed E-state index contributed by atoms with van der Waals surface area (Å²) in [4.78, 5) is 27.1. The zero-order chi connectivity index (χ0) is 25.6. The van der Waals surface area contributed by atoms with E-state index in [-0.39, 0.29) is 23.9 Å². The lowest BCUT2D eigenvalue weighted by molar-refractivity contribution is -0.131. The Morgan fingerprint density at radius 2 is 1.71 bits per heavy atom. The van der Waals surface area contributed by atoms with Crippen LogP contribution in [0.1, 0.15) is 32.8 Å². The van der Waals surface area contributed by atoms with Gasteiger partial charge in [0.2, 0.25) is 15.9 Å². The van der Waals surface area contributed by atoms with Crippen molar-refractivity contribution in [1.82, 2.24) is 13.8 Å². The fourth-order valence-corrected chi connectivity index (χ4v) is 5.39. The number of amides is 1. The minimum absolute atomic E-state index is 0.0134. The number of benzene rings is 2. The summed E-state index contributed by atoms with van der Waals surface area (Å²) in [6.45, 7) is 6.73. The van der Waals surface area contributed by atoms with Crippen molar-refractivity contribution in [3.8, 4) is 5.75 Å². The summed E-state index contributed by atoms with van der Waals surface area (Å²) < 4.78 is 34.1. The van der Waals surface area contributed by atoms with Gasteiger partial charge in [-0.05, 0) is 29.3 Å². The quantitative estimate of drug-likeness (QED) is 0.403. The maximum Gasteiger partial charge on any atom is 0.251 e. The van der Waals surface area contributed by atoms with Gasteiger partial charge in [-0.1, -0.05) is 51.1 Å². The highest BCUT2D eigenvalue weighted by Crippen LogP contribution is 2.29. The number of fused-ring (bicyclic) bond motifs is 1. The summed E-state index contributed by atoms with van der Waals surface area (Å²) in [7, 11) is -2.09. The maximum absolute atomic E-state index is 13.1. The predicted molar refractivity (Wildman–Crippen MR) is 137 cm³/mol. The van der Waals surface area contributed by atoms with Gasteiger partial charge in [-0.25, -0.2) is 8.42 Å². The van der Waals surface area contributed by atoms with Crippen molar-refractivity contribution in [2.75, 3.05) is 26.7 Å². The van der Waals surface area contributed by atoms with Crippen LogP contribution < -0.4 is 10.3 Å². The molecule has 3 aromatic rings. The topological polar surface area (TPSA) is 88.9 Å². The van der Waals surface area contributed by atoms with E-state index in [1.807, 2.05) is 43.3 Å². The van der Waals surface area contributed by atoms with Crippen LogP contribution in [0.2, 0.25) is 0 Å². The lowest BCUT2D eigenvalue weighted by atomic mass is 10.0. The van der Waals surface area contributed by atoms with E-state index in [9.17, 15) is 18.0 Å². The van der Waals surface area contributed by atoms with E-state index in [4.69, 9.17) is 4.74 Å². The fraction of sp³-hybridized carbons (Fsp3) is 0.385. The van der Waals surface area contributed by atoms with Gasteiger partial charge in [0.05, 0.1) is 11.5 Å². The summed E-state index contributed by atoms with van der Waals surface area (Å²) in [5.74, 6) is 0.397. The molecule has 188 valence electrons. The first-order valence-electron chi connectivity index (χ1n) is 11.8. The van der Waals surface area contributed by atoms with E-state index in [0.717, 1.165) is 33.1 Å². The van der Waals surface area contributed by atoms with E-state index in [0.29, 0.717) is 19.7 Å². The van der Waals surface area contributed by atoms with Gasteiger partial charge in [-0.3, -0.25) is 9.59 Å². The van der Waals surface area contributed by atoms with Crippen molar-refractivity contribution in [1.29, 1.82) is 0 Å². The molecule has 0 fully saturated rings. The molecule has 0 saturated heterocycles. The van der Waals surface area contributed by atoms with Gasteiger partial charge >= 0.3 is 0 Å². The number of nitrogens with zero attached hydrogens (tertiary/aromatic N) is 3. The molecule has 9 heteroatoms. The highest BCUT2D eigenvalue weighted by atomic mass is 32.2. The van der Waals surface area contributed by atoms with Crippen molar-refractivity contribution < 1.29 is 17.9 Å². The van der Waals surface area contributed by atoms with Crippen molar-refractivity contribution in [3.63, 3.8) is 0 Å². The molecule has 0 aliphatic rings. The number of hydrogen-bond donors (Lipinski definition) is 0. The normalized spacial score (nSPS) is 11.7. The first-order valence-corrected chi connectivity index (χ1v) is 13.2. The number of rotatable bonds is 11. The Hall–Kier alpha value is -3.17. The summed E-state index contributed by atoms with van der Waals surface area (Å²) in [6, 6.07) is 14.3. The second kappa shape index (κ2) is 11.5. The number of hydrogen-bond acceptors (Lipinski definition) is 5. The largest absolute Gasteiger partial charge is 0.493 e. The van der Waals surface area contributed by atoms with Gasteiger partial charge in [0, 0.05) is 44.5 Å². The Bertz CT molecular complexity index is 1350. The van der Waals surface area contributed by atoms with Crippen molar-refractivity contribution >= 4 is 26.7 Å². The molecule has 2 aromatic carbocycles. The highest BCUT2D eigenvalue weighted by molar-refractivity contribution is 7.89. The monoisotopic (exact) mass is 499 g/mol. The van der Waals surface area contributed by atoms with Gasteiger partial charge in [-0.15, -0.1) is 0 Å². The standard InChI is InChI=1S/C26H33N3O5S/c1-5-16-34-24-14-12-20-10-8-9-11-22(20)23(24)18-27(4)26(31)19-28-17-21(13-15-25(28)30)35(32,33)29(6-2)7-3/h8-15,17H,5-7,16,18-19H2,1-4H3. The number of ether oxygens (including phenoxy) is 1. The third kappa shape index (κ3) is 5.91. The highest BCUT2D eigenvalue weighted by Gasteiger charge is 2.23. The van der Waals surface area contributed by atoms with Crippen LogP contribution in [0.3, 0.4) is 0 Å². The number of likely N-dealkylation sites (N-methyl/N-ethyl adjacent to an activating group) is 1. The SMILES string of the molecule is CCCOc1ccc2ccccc2c1CN(C)C(=O)Cn1cc(S(=O)(=O)N(CC)CC)ccc1=O. The van der Waals surface area contributed by atoms with Gasteiger partial charge < -0.3 is 14.2 Å². The molecule has 35 heavy (non-hydrogen) atoms. The van der Waals surface area contributed by atoms with Crippen LogP contribution in [0.4, 0.5) is 0 Å². The molecule has 0 aliphatic carbocycles. The molecule has 8 nitrogen and oxygen atoms in total. The minimum Gasteiger partial charge on any atom is -0.493 e. The summed E-state index contributed by atoms with van der Waals surface area (Å²) in [6.07, 6.45) is 2.10. The third-order valence-electron chi connectivity index (χ3n) is 5.89. The summed E-state index contributed by atoms with van der Waals surface area (Å²) in [5, 5.41) is 2.03. The molecular weight excluding hydrogens is 466 g/mol. The average molecular weight is 500 g/mol. The molecule has 0 atom stereocenters. The molecule has 0 unspecified atom stereocenters. The van der Waals surface area contributed by atoms with Crippen LogP contribution in [-0.2, 0) is 27.9 Å². The van der Waals surface area contributed by atoms with E-state index < -0.39 is 15.6 Å². The molecular formula is C26H33N3O5S. The fourth-order valence-electron chi connectivity index (χ4n) is 3.92. The van der Waals surface area contributed by atoms with Crippen molar-refractivity contribution in [3.05, 3.63) is 70.6 Å². The molecule has 0 saturated carbocycles. The number of carbonyl (C=O) groups is 1. The predicted octanol–water partition coefficient (Wildman–Crippen LogP) is 3.48. The second-order valence-electron chi connectivity index (χ2n) is 8.28.